The topological polar surface area (TPSA) is 47.7 Å². The van der Waals surface area contributed by atoms with Gasteiger partial charge in [-0.2, -0.15) is 5.10 Å². The number of hydrogen-bond donors (Lipinski definition) is 1. The lowest BCUT2D eigenvalue weighted by molar-refractivity contribution is 0.439. The molecule has 0 aromatic carbocycles. The summed E-state index contributed by atoms with van der Waals surface area (Å²) in [5.74, 6) is 0. The molecule has 1 N–H and O–H groups in total. The van der Waals surface area contributed by atoms with Crippen molar-refractivity contribution in [1.29, 1.82) is 0 Å². The maximum Gasteiger partial charge on any atom is 0.0951 e. The summed E-state index contributed by atoms with van der Waals surface area (Å²) in [4.78, 5) is 4.26. The first-order valence-corrected chi connectivity index (χ1v) is 7.41. The first-order chi connectivity index (χ1) is 9.66. The SMILES string of the molecule is CC(C)n1cncc1CNC1CCCc2c1cnn2C. The van der Waals surface area contributed by atoms with Gasteiger partial charge < -0.3 is 9.88 Å². The van der Waals surface area contributed by atoms with Gasteiger partial charge in [-0.25, -0.2) is 4.98 Å². The van der Waals surface area contributed by atoms with Crippen molar-refractivity contribution >= 4 is 0 Å². The highest BCUT2D eigenvalue weighted by molar-refractivity contribution is 5.24. The van der Waals surface area contributed by atoms with Crippen molar-refractivity contribution in [2.45, 2.75) is 51.7 Å². The standard InChI is InChI=1S/C15H23N5/c1-11(2)20-10-16-7-12(20)8-17-14-5-4-6-15-13(14)9-18-19(15)3/h7,9-11,14,17H,4-6,8H2,1-3H3. The van der Waals surface area contributed by atoms with Gasteiger partial charge in [0.1, 0.15) is 0 Å². The van der Waals surface area contributed by atoms with E-state index < -0.39 is 0 Å². The smallest absolute Gasteiger partial charge is 0.0951 e. The molecule has 5 nitrogen and oxygen atoms in total. The number of fused-ring (bicyclic) bond motifs is 1. The van der Waals surface area contributed by atoms with Crippen LogP contribution in [0.25, 0.3) is 0 Å². The lowest BCUT2D eigenvalue weighted by atomic mass is 9.93. The average molecular weight is 273 g/mol. The Morgan fingerprint density at radius 1 is 1.40 bits per heavy atom. The Labute approximate surface area is 120 Å². The van der Waals surface area contributed by atoms with Crippen molar-refractivity contribution in [2.24, 2.45) is 7.05 Å². The van der Waals surface area contributed by atoms with Gasteiger partial charge in [-0.3, -0.25) is 4.68 Å². The number of aryl methyl sites for hydroxylation is 1. The minimum Gasteiger partial charge on any atom is -0.331 e. The van der Waals surface area contributed by atoms with Crippen LogP contribution in [0.1, 0.15) is 55.7 Å². The molecule has 1 aliphatic carbocycles. The highest BCUT2D eigenvalue weighted by Crippen LogP contribution is 2.29. The zero-order valence-electron chi connectivity index (χ0n) is 12.5. The summed E-state index contributed by atoms with van der Waals surface area (Å²) >= 11 is 0. The van der Waals surface area contributed by atoms with Crippen LogP contribution in [0, 0.1) is 0 Å². The lowest BCUT2D eigenvalue weighted by Crippen LogP contribution is -2.26. The molecule has 5 heteroatoms. The third-order valence-corrected chi connectivity index (χ3v) is 4.21. The molecular formula is C15H23N5. The van der Waals surface area contributed by atoms with Gasteiger partial charge in [0.25, 0.3) is 0 Å². The number of nitrogens with one attached hydrogen (secondary N) is 1. The van der Waals surface area contributed by atoms with E-state index in [-0.39, 0.29) is 0 Å². The van der Waals surface area contributed by atoms with E-state index in [0.717, 1.165) is 13.0 Å². The Bertz CT molecular complexity index is 581. The van der Waals surface area contributed by atoms with E-state index in [1.807, 2.05) is 30.5 Å². The van der Waals surface area contributed by atoms with Crippen molar-refractivity contribution in [3.05, 3.63) is 35.7 Å². The number of aromatic nitrogens is 4. The van der Waals surface area contributed by atoms with E-state index in [2.05, 4.69) is 33.8 Å². The molecule has 2 aromatic heterocycles. The molecule has 1 aliphatic rings. The first-order valence-electron chi connectivity index (χ1n) is 7.41. The third kappa shape index (κ3) is 2.38. The van der Waals surface area contributed by atoms with Gasteiger partial charge in [0.15, 0.2) is 0 Å². The Hall–Kier alpha value is -1.62. The molecule has 3 rings (SSSR count). The second-order valence-electron chi connectivity index (χ2n) is 5.88. The summed E-state index contributed by atoms with van der Waals surface area (Å²) in [5, 5.41) is 8.07. The molecule has 20 heavy (non-hydrogen) atoms. The van der Waals surface area contributed by atoms with Gasteiger partial charge in [0, 0.05) is 43.1 Å². The molecule has 0 bridgehead atoms. The van der Waals surface area contributed by atoms with Crippen LogP contribution in [-0.4, -0.2) is 19.3 Å². The summed E-state index contributed by atoms with van der Waals surface area (Å²) in [7, 11) is 2.04. The summed E-state index contributed by atoms with van der Waals surface area (Å²) in [6, 6.07) is 0.873. The van der Waals surface area contributed by atoms with Gasteiger partial charge in [0.2, 0.25) is 0 Å². The number of rotatable bonds is 4. The number of nitrogens with zero attached hydrogens (tertiary/aromatic N) is 4. The Kier molecular flexibility index (Phi) is 3.61. The molecule has 0 amide bonds. The fraction of sp³-hybridized carbons (Fsp3) is 0.600. The molecule has 0 spiro atoms. The van der Waals surface area contributed by atoms with Gasteiger partial charge in [-0.1, -0.05) is 0 Å². The quantitative estimate of drug-likeness (QED) is 0.930. The molecule has 2 aromatic rings. The average Bonchev–Trinajstić information content (AvgIpc) is 3.04. The number of imidazole rings is 1. The van der Waals surface area contributed by atoms with Crippen molar-refractivity contribution in [2.75, 3.05) is 0 Å². The van der Waals surface area contributed by atoms with Crippen LogP contribution in [0.2, 0.25) is 0 Å². The fourth-order valence-corrected chi connectivity index (χ4v) is 3.08. The second kappa shape index (κ2) is 5.40. The Balaban J connectivity index is 1.72. The normalized spacial score (nSPS) is 18.5. The van der Waals surface area contributed by atoms with Crippen LogP contribution in [-0.2, 0) is 20.0 Å². The fourth-order valence-electron chi connectivity index (χ4n) is 3.08. The first kappa shape index (κ1) is 13.4. The summed E-state index contributed by atoms with van der Waals surface area (Å²) < 4.78 is 4.24. The van der Waals surface area contributed by atoms with Crippen molar-refractivity contribution in [1.82, 2.24) is 24.6 Å². The second-order valence-corrected chi connectivity index (χ2v) is 5.88. The maximum absolute atomic E-state index is 4.40. The van der Waals surface area contributed by atoms with Crippen LogP contribution in [0.4, 0.5) is 0 Å². The Morgan fingerprint density at radius 3 is 3.05 bits per heavy atom. The van der Waals surface area contributed by atoms with E-state index in [1.165, 1.54) is 29.8 Å². The summed E-state index contributed by atoms with van der Waals surface area (Å²) in [6.07, 6.45) is 9.46. The molecule has 0 saturated heterocycles. The van der Waals surface area contributed by atoms with E-state index in [9.17, 15) is 0 Å². The zero-order valence-corrected chi connectivity index (χ0v) is 12.5. The van der Waals surface area contributed by atoms with E-state index in [1.54, 1.807) is 0 Å². The molecule has 108 valence electrons. The third-order valence-electron chi connectivity index (χ3n) is 4.21. The highest BCUT2D eigenvalue weighted by atomic mass is 15.3. The minimum absolute atomic E-state index is 0.419. The van der Waals surface area contributed by atoms with E-state index in [0.29, 0.717) is 12.1 Å². The molecule has 0 aliphatic heterocycles. The summed E-state index contributed by atoms with van der Waals surface area (Å²) in [5.41, 5.74) is 4.00. The Morgan fingerprint density at radius 2 is 2.25 bits per heavy atom. The van der Waals surface area contributed by atoms with Crippen LogP contribution >= 0.6 is 0 Å². The van der Waals surface area contributed by atoms with Gasteiger partial charge >= 0.3 is 0 Å². The zero-order chi connectivity index (χ0) is 14.1. The predicted octanol–water partition coefficient (Wildman–Crippen LogP) is 2.36. The van der Waals surface area contributed by atoms with Crippen LogP contribution in [0.3, 0.4) is 0 Å². The van der Waals surface area contributed by atoms with Crippen LogP contribution in [0.15, 0.2) is 18.7 Å². The van der Waals surface area contributed by atoms with Gasteiger partial charge in [-0.05, 0) is 33.1 Å². The predicted molar refractivity (Wildman–Crippen MR) is 78.3 cm³/mol. The monoisotopic (exact) mass is 273 g/mol. The largest absolute Gasteiger partial charge is 0.331 e. The number of hydrogen-bond acceptors (Lipinski definition) is 3. The molecule has 1 atom stereocenters. The molecule has 0 radical (unpaired) electrons. The lowest BCUT2D eigenvalue weighted by Gasteiger charge is -2.24. The van der Waals surface area contributed by atoms with Crippen molar-refractivity contribution in [3.8, 4) is 0 Å². The van der Waals surface area contributed by atoms with Crippen LogP contribution < -0.4 is 5.32 Å². The maximum atomic E-state index is 4.40. The van der Waals surface area contributed by atoms with E-state index >= 15 is 0 Å². The highest BCUT2D eigenvalue weighted by Gasteiger charge is 2.23. The minimum atomic E-state index is 0.419. The van der Waals surface area contributed by atoms with Crippen molar-refractivity contribution in [3.63, 3.8) is 0 Å². The van der Waals surface area contributed by atoms with E-state index in [4.69, 9.17) is 0 Å². The van der Waals surface area contributed by atoms with Gasteiger partial charge in [0.05, 0.1) is 18.2 Å². The van der Waals surface area contributed by atoms with Crippen LogP contribution in [0.5, 0.6) is 0 Å². The van der Waals surface area contributed by atoms with Gasteiger partial charge in [-0.15, -0.1) is 0 Å². The molecule has 1 unspecified atom stereocenters. The summed E-state index contributed by atoms with van der Waals surface area (Å²) in [6.45, 7) is 5.23. The van der Waals surface area contributed by atoms with Crippen molar-refractivity contribution < 1.29 is 0 Å². The molecular weight excluding hydrogens is 250 g/mol. The molecule has 0 fully saturated rings. The molecule has 0 saturated carbocycles. The molecule has 2 heterocycles.